The monoisotopic (exact) mass is 339 g/mol. The van der Waals surface area contributed by atoms with E-state index < -0.39 is 6.36 Å². The number of hydrogen-bond donors (Lipinski definition) is 1. The summed E-state index contributed by atoms with van der Waals surface area (Å²) in [7, 11) is 0. The predicted molar refractivity (Wildman–Crippen MR) is 84.7 cm³/mol. The first-order valence-corrected chi connectivity index (χ1v) is 8.08. The maximum atomic E-state index is 12.4. The molecule has 4 nitrogen and oxygen atoms in total. The third kappa shape index (κ3) is 3.90. The van der Waals surface area contributed by atoms with E-state index in [9.17, 15) is 13.2 Å². The topological polar surface area (TPSA) is 39.1 Å². The largest absolute Gasteiger partial charge is 0.573 e. The Labute approximate surface area is 138 Å². The van der Waals surface area contributed by atoms with Crippen molar-refractivity contribution in [2.75, 3.05) is 6.54 Å². The fraction of sp³-hybridized carbons (Fsp3) is 0.471. The molecule has 3 rings (SSSR count). The van der Waals surface area contributed by atoms with Gasteiger partial charge in [-0.1, -0.05) is 19.1 Å². The minimum absolute atomic E-state index is 0.230. The Kier molecular flexibility index (Phi) is 4.80. The van der Waals surface area contributed by atoms with Crippen molar-refractivity contribution in [3.63, 3.8) is 0 Å². The number of aromatic nitrogens is 2. The van der Waals surface area contributed by atoms with Crippen LogP contribution in [0.4, 0.5) is 13.2 Å². The molecule has 0 radical (unpaired) electrons. The summed E-state index contributed by atoms with van der Waals surface area (Å²) in [5, 5.41) is 3.48. The summed E-state index contributed by atoms with van der Waals surface area (Å²) in [5.41, 5.74) is 0.619. The Morgan fingerprint density at radius 3 is 2.96 bits per heavy atom. The second-order valence-corrected chi connectivity index (χ2v) is 5.97. The van der Waals surface area contributed by atoms with Crippen LogP contribution in [0.2, 0.25) is 0 Å². The molecular formula is C17H20F3N3O. The SMILES string of the molecule is CC[C@@H]1C[C@H](n2ccnc2-c2cccc(OC(F)(F)F)c2)CCN1. The van der Waals surface area contributed by atoms with E-state index in [-0.39, 0.29) is 5.75 Å². The molecule has 2 heterocycles. The number of rotatable bonds is 4. The predicted octanol–water partition coefficient (Wildman–Crippen LogP) is 4.15. The number of ether oxygens (including phenoxy) is 1. The van der Waals surface area contributed by atoms with Gasteiger partial charge in [-0.15, -0.1) is 13.2 Å². The number of imidazole rings is 1. The highest BCUT2D eigenvalue weighted by molar-refractivity contribution is 5.58. The van der Waals surface area contributed by atoms with Gasteiger partial charge in [-0.25, -0.2) is 4.98 Å². The standard InChI is InChI=1S/C17H20F3N3O/c1-2-13-11-14(6-7-21-13)23-9-8-22-16(23)12-4-3-5-15(10-12)24-17(18,19)20/h3-5,8-10,13-14,21H,2,6-7,11H2,1H3/t13-,14-/m1/s1. The Bertz CT molecular complexity index is 684. The van der Waals surface area contributed by atoms with E-state index >= 15 is 0 Å². The van der Waals surface area contributed by atoms with Gasteiger partial charge in [0.25, 0.3) is 0 Å². The molecule has 0 spiro atoms. The van der Waals surface area contributed by atoms with Crippen LogP contribution in [-0.2, 0) is 0 Å². The smallest absolute Gasteiger partial charge is 0.406 e. The zero-order valence-corrected chi connectivity index (χ0v) is 13.4. The van der Waals surface area contributed by atoms with E-state index in [2.05, 4.69) is 26.5 Å². The van der Waals surface area contributed by atoms with E-state index in [0.717, 1.165) is 25.8 Å². The van der Waals surface area contributed by atoms with Crippen molar-refractivity contribution < 1.29 is 17.9 Å². The number of nitrogens with one attached hydrogen (secondary N) is 1. The highest BCUT2D eigenvalue weighted by Crippen LogP contribution is 2.31. The summed E-state index contributed by atoms with van der Waals surface area (Å²) < 4.78 is 43.3. The van der Waals surface area contributed by atoms with Crippen LogP contribution in [0, 0.1) is 0 Å². The first kappa shape index (κ1) is 16.8. The third-order valence-corrected chi connectivity index (χ3v) is 4.35. The molecule has 1 N–H and O–H groups in total. The lowest BCUT2D eigenvalue weighted by Crippen LogP contribution is -2.38. The van der Waals surface area contributed by atoms with Gasteiger partial charge in [0.2, 0.25) is 0 Å². The molecule has 0 aliphatic carbocycles. The molecule has 2 aromatic rings. The molecule has 1 aliphatic rings. The van der Waals surface area contributed by atoms with Crippen molar-refractivity contribution in [2.45, 2.75) is 44.6 Å². The third-order valence-electron chi connectivity index (χ3n) is 4.35. The maximum Gasteiger partial charge on any atom is 0.573 e. The maximum absolute atomic E-state index is 12.4. The highest BCUT2D eigenvalue weighted by atomic mass is 19.4. The molecule has 1 fully saturated rings. The summed E-state index contributed by atoms with van der Waals surface area (Å²) in [4.78, 5) is 4.36. The van der Waals surface area contributed by atoms with Crippen LogP contribution in [0.25, 0.3) is 11.4 Å². The van der Waals surface area contributed by atoms with Gasteiger partial charge in [0, 0.05) is 30.0 Å². The average molecular weight is 339 g/mol. The quantitative estimate of drug-likeness (QED) is 0.909. The van der Waals surface area contributed by atoms with Gasteiger partial charge >= 0.3 is 6.36 Å². The van der Waals surface area contributed by atoms with Crippen molar-refractivity contribution in [1.82, 2.24) is 14.9 Å². The van der Waals surface area contributed by atoms with Crippen LogP contribution >= 0.6 is 0 Å². The average Bonchev–Trinajstić information content (AvgIpc) is 3.03. The molecule has 130 valence electrons. The minimum Gasteiger partial charge on any atom is -0.406 e. The van der Waals surface area contributed by atoms with Crippen LogP contribution in [0.15, 0.2) is 36.7 Å². The van der Waals surface area contributed by atoms with Gasteiger partial charge in [0.05, 0.1) is 0 Å². The normalized spacial score (nSPS) is 21.7. The summed E-state index contributed by atoms with van der Waals surface area (Å²) in [5.74, 6) is 0.440. The molecule has 7 heteroatoms. The Morgan fingerprint density at radius 1 is 1.38 bits per heavy atom. The first-order chi connectivity index (χ1) is 11.5. The van der Waals surface area contributed by atoms with E-state index in [1.807, 2.05) is 6.20 Å². The number of alkyl halides is 3. The number of piperidine rings is 1. The van der Waals surface area contributed by atoms with Crippen LogP contribution in [-0.4, -0.2) is 28.5 Å². The Morgan fingerprint density at radius 2 is 2.21 bits per heavy atom. The van der Waals surface area contributed by atoms with Gasteiger partial charge < -0.3 is 14.6 Å². The molecule has 1 saturated heterocycles. The molecule has 0 saturated carbocycles. The fourth-order valence-electron chi connectivity index (χ4n) is 3.21. The number of halogens is 3. The molecule has 1 aromatic heterocycles. The zero-order chi connectivity index (χ0) is 17.2. The molecule has 24 heavy (non-hydrogen) atoms. The van der Waals surface area contributed by atoms with Crippen LogP contribution in [0.5, 0.6) is 5.75 Å². The van der Waals surface area contributed by atoms with E-state index in [1.165, 1.54) is 12.1 Å². The number of hydrogen-bond acceptors (Lipinski definition) is 3. The summed E-state index contributed by atoms with van der Waals surface area (Å²) in [6.45, 7) is 3.07. The molecule has 1 aliphatic heterocycles. The van der Waals surface area contributed by atoms with Crippen molar-refractivity contribution >= 4 is 0 Å². The van der Waals surface area contributed by atoms with E-state index in [4.69, 9.17) is 0 Å². The van der Waals surface area contributed by atoms with Crippen LogP contribution in [0.1, 0.15) is 32.2 Å². The second kappa shape index (κ2) is 6.84. The fourth-order valence-corrected chi connectivity index (χ4v) is 3.21. The van der Waals surface area contributed by atoms with Crippen molar-refractivity contribution in [2.24, 2.45) is 0 Å². The minimum atomic E-state index is -4.70. The van der Waals surface area contributed by atoms with Gasteiger partial charge in [-0.3, -0.25) is 0 Å². The lowest BCUT2D eigenvalue weighted by Gasteiger charge is -2.31. The van der Waals surface area contributed by atoms with Gasteiger partial charge in [-0.2, -0.15) is 0 Å². The summed E-state index contributed by atoms with van der Waals surface area (Å²) >= 11 is 0. The zero-order valence-electron chi connectivity index (χ0n) is 13.4. The van der Waals surface area contributed by atoms with E-state index in [0.29, 0.717) is 23.5 Å². The molecule has 0 amide bonds. The lowest BCUT2D eigenvalue weighted by atomic mass is 9.97. The number of benzene rings is 1. The first-order valence-electron chi connectivity index (χ1n) is 8.08. The van der Waals surface area contributed by atoms with Crippen molar-refractivity contribution in [3.05, 3.63) is 36.7 Å². The van der Waals surface area contributed by atoms with Crippen LogP contribution < -0.4 is 10.1 Å². The summed E-state index contributed by atoms with van der Waals surface area (Å²) in [6, 6.07) is 6.72. The van der Waals surface area contributed by atoms with Crippen molar-refractivity contribution in [3.8, 4) is 17.1 Å². The second-order valence-electron chi connectivity index (χ2n) is 5.97. The summed E-state index contributed by atoms with van der Waals surface area (Å²) in [6.07, 6.45) is 1.90. The van der Waals surface area contributed by atoms with Crippen molar-refractivity contribution in [1.29, 1.82) is 0 Å². The molecule has 0 bridgehead atoms. The van der Waals surface area contributed by atoms with Gasteiger partial charge in [0.15, 0.2) is 0 Å². The number of nitrogens with zero attached hydrogens (tertiary/aromatic N) is 2. The van der Waals surface area contributed by atoms with E-state index in [1.54, 1.807) is 18.3 Å². The molecular weight excluding hydrogens is 319 g/mol. The Hall–Kier alpha value is -2.02. The molecule has 2 atom stereocenters. The highest BCUT2D eigenvalue weighted by Gasteiger charge is 2.31. The molecule has 1 aromatic carbocycles. The van der Waals surface area contributed by atoms with Gasteiger partial charge in [0.1, 0.15) is 11.6 Å². The van der Waals surface area contributed by atoms with Crippen LogP contribution in [0.3, 0.4) is 0 Å². The molecule has 0 unspecified atom stereocenters. The van der Waals surface area contributed by atoms with Gasteiger partial charge in [-0.05, 0) is 37.9 Å². The Balaban J connectivity index is 1.86. The lowest BCUT2D eigenvalue weighted by molar-refractivity contribution is -0.274.